The molecule has 1 heterocycles. The highest BCUT2D eigenvalue weighted by atomic mass is 35.5. The van der Waals surface area contributed by atoms with Crippen molar-refractivity contribution in [2.45, 2.75) is 31.3 Å². The third-order valence-electron chi connectivity index (χ3n) is 4.67. The Balaban J connectivity index is 0.00000182. The maximum atomic E-state index is 12.4. The lowest BCUT2D eigenvalue weighted by Gasteiger charge is -2.33. The van der Waals surface area contributed by atoms with E-state index in [1.54, 1.807) is 6.33 Å². The zero-order chi connectivity index (χ0) is 16.5. The van der Waals surface area contributed by atoms with E-state index >= 15 is 0 Å². The molecule has 0 bridgehead atoms. The quantitative estimate of drug-likeness (QED) is 0.753. The molecule has 5 nitrogen and oxygen atoms in total. The lowest BCUT2D eigenvalue weighted by Crippen LogP contribution is -2.37. The van der Waals surface area contributed by atoms with Crippen LogP contribution < -0.4 is 11.1 Å². The average Bonchev–Trinajstić information content (AvgIpc) is 3.00. The number of carbonyl (C=O) groups excluding carboxylic acids is 1. The third-order valence-corrected chi connectivity index (χ3v) is 4.67. The summed E-state index contributed by atoms with van der Waals surface area (Å²) in [6.45, 7) is 0. The number of hydrogen-bond acceptors (Lipinski definition) is 3. The van der Waals surface area contributed by atoms with Crippen molar-refractivity contribution < 1.29 is 4.79 Å². The van der Waals surface area contributed by atoms with E-state index < -0.39 is 0 Å². The van der Waals surface area contributed by atoms with Crippen LogP contribution in [0.15, 0.2) is 55.0 Å². The summed E-state index contributed by atoms with van der Waals surface area (Å²) >= 11 is 0. The molecule has 1 aromatic heterocycles. The summed E-state index contributed by atoms with van der Waals surface area (Å²) in [6, 6.07) is 14.9. The largest absolute Gasteiger partial charge is 0.332 e. The van der Waals surface area contributed by atoms with Crippen molar-refractivity contribution in [3.8, 4) is 0 Å². The van der Waals surface area contributed by atoms with Gasteiger partial charge in [-0.05, 0) is 29.2 Å². The topological polar surface area (TPSA) is 72.9 Å². The fraction of sp³-hybridized carbons (Fsp3) is 0.263. The Morgan fingerprint density at radius 1 is 1.20 bits per heavy atom. The van der Waals surface area contributed by atoms with Gasteiger partial charge in [0, 0.05) is 18.3 Å². The van der Waals surface area contributed by atoms with Crippen molar-refractivity contribution in [3.63, 3.8) is 0 Å². The number of benzene rings is 2. The zero-order valence-electron chi connectivity index (χ0n) is 13.8. The van der Waals surface area contributed by atoms with E-state index in [9.17, 15) is 4.79 Å². The van der Waals surface area contributed by atoms with E-state index in [-0.39, 0.29) is 18.3 Å². The summed E-state index contributed by atoms with van der Waals surface area (Å²) in [5.74, 6) is 0.544. The van der Waals surface area contributed by atoms with Crippen LogP contribution in [0.25, 0.3) is 10.8 Å². The van der Waals surface area contributed by atoms with E-state index in [0.717, 1.165) is 29.2 Å². The second-order valence-corrected chi connectivity index (χ2v) is 6.45. The van der Waals surface area contributed by atoms with Gasteiger partial charge in [-0.3, -0.25) is 4.79 Å². The number of amides is 1. The van der Waals surface area contributed by atoms with Crippen LogP contribution in [-0.2, 0) is 11.2 Å². The molecule has 0 saturated heterocycles. The van der Waals surface area contributed by atoms with Crippen LogP contribution in [0.5, 0.6) is 0 Å². The van der Waals surface area contributed by atoms with E-state index in [0.29, 0.717) is 24.3 Å². The van der Waals surface area contributed by atoms with Gasteiger partial charge in [0.2, 0.25) is 5.91 Å². The number of nitrogens with one attached hydrogen (secondary N) is 1. The lowest BCUT2D eigenvalue weighted by atomic mass is 9.87. The molecular weight excluding hydrogens is 336 g/mol. The van der Waals surface area contributed by atoms with Gasteiger partial charge in [-0.2, -0.15) is 0 Å². The number of aromatic nitrogens is 2. The molecule has 0 atom stereocenters. The Morgan fingerprint density at radius 2 is 1.96 bits per heavy atom. The van der Waals surface area contributed by atoms with Gasteiger partial charge in [-0.25, -0.2) is 4.98 Å². The molecule has 3 aromatic rings. The smallest absolute Gasteiger partial charge is 0.230 e. The van der Waals surface area contributed by atoms with Gasteiger partial charge >= 0.3 is 0 Å². The molecule has 0 unspecified atom stereocenters. The normalized spacial score (nSPS) is 19.1. The number of carbonyl (C=O) groups is 1. The van der Waals surface area contributed by atoms with Gasteiger partial charge in [0.05, 0.1) is 12.7 Å². The number of imidazole rings is 1. The molecule has 0 spiro atoms. The second kappa shape index (κ2) is 7.25. The summed E-state index contributed by atoms with van der Waals surface area (Å²) < 4.78 is 2.04. The van der Waals surface area contributed by atoms with E-state index in [1.165, 1.54) is 0 Å². The number of rotatable bonds is 4. The SMILES string of the molecule is Cl.NC1CC(n2cnc(NC(=O)Cc3cccc4ccccc34)c2)C1. The number of nitrogens with two attached hydrogens (primary N) is 1. The lowest BCUT2D eigenvalue weighted by molar-refractivity contribution is -0.115. The molecule has 0 radical (unpaired) electrons. The van der Waals surface area contributed by atoms with E-state index in [4.69, 9.17) is 5.73 Å². The number of halogens is 1. The van der Waals surface area contributed by atoms with Crippen LogP contribution in [-0.4, -0.2) is 21.5 Å². The highest BCUT2D eigenvalue weighted by Crippen LogP contribution is 2.31. The molecule has 6 heteroatoms. The van der Waals surface area contributed by atoms with Crippen LogP contribution in [0.2, 0.25) is 0 Å². The van der Waals surface area contributed by atoms with Crippen molar-refractivity contribution in [1.29, 1.82) is 0 Å². The fourth-order valence-electron chi connectivity index (χ4n) is 3.28. The summed E-state index contributed by atoms with van der Waals surface area (Å²) in [6.07, 6.45) is 5.93. The Hall–Kier alpha value is -2.37. The number of nitrogens with zero attached hydrogens (tertiary/aromatic N) is 2. The highest BCUT2D eigenvalue weighted by Gasteiger charge is 2.27. The maximum absolute atomic E-state index is 12.4. The third kappa shape index (κ3) is 3.67. The summed E-state index contributed by atoms with van der Waals surface area (Å²) in [5.41, 5.74) is 6.84. The molecule has 3 N–H and O–H groups in total. The van der Waals surface area contributed by atoms with E-state index in [2.05, 4.69) is 22.4 Å². The maximum Gasteiger partial charge on any atom is 0.230 e. The molecule has 1 amide bonds. The fourth-order valence-corrected chi connectivity index (χ4v) is 3.28. The van der Waals surface area contributed by atoms with Crippen LogP contribution >= 0.6 is 12.4 Å². The molecule has 1 aliphatic carbocycles. The van der Waals surface area contributed by atoms with Gasteiger partial charge < -0.3 is 15.6 Å². The molecule has 4 rings (SSSR count). The van der Waals surface area contributed by atoms with Crippen molar-refractivity contribution >= 4 is 34.9 Å². The predicted molar refractivity (Wildman–Crippen MR) is 102 cm³/mol. The van der Waals surface area contributed by atoms with Crippen molar-refractivity contribution in [2.24, 2.45) is 5.73 Å². The summed E-state index contributed by atoms with van der Waals surface area (Å²) in [5, 5.41) is 5.15. The van der Waals surface area contributed by atoms with Gasteiger partial charge in [-0.1, -0.05) is 42.5 Å². The summed E-state index contributed by atoms with van der Waals surface area (Å²) in [7, 11) is 0. The Morgan fingerprint density at radius 3 is 2.76 bits per heavy atom. The second-order valence-electron chi connectivity index (χ2n) is 6.45. The first-order valence-corrected chi connectivity index (χ1v) is 8.24. The monoisotopic (exact) mass is 356 g/mol. The van der Waals surface area contributed by atoms with Crippen molar-refractivity contribution in [1.82, 2.24) is 9.55 Å². The Bertz CT molecular complexity index is 881. The minimum atomic E-state index is -0.0538. The number of fused-ring (bicyclic) bond motifs is 1. The first kappa shape index (κ1) is 17.5. The van der Waals surface area contributed by atoms with Crippen molar-refractivity contribution in [3.05, 3.63) is 60.6 Å². The van der Waals surface area contributed by atoms with Crippen LogP contribution in [0, 0.1) is 0 Å². The molecule has 130 valence electrons. The number of hydrogen-bond donors (Lipinski definition) is 2. The molecule has 1 aliphatic rings. The Labute approximate surface area is 152 Å². The molecule has 1 saturated carbocycles. The van der Waals surface area contributed by atoms with Gasteiger partial charge in [0.25, 0.3) is 0 Å². The first-order valence-electron chi connectivity index (χ1n) is 8.24. The van der Waals surface area contributed by atoms with Gasteiger partial charge in [0.15, 0.2) is 5.82 Å². The molecular formula is C19H21ClN4O. The van der Waals surface area contributed by atoms with Crippen LogP contribution in [0.3, 0.4) is 0 Å². The van der Waals surface area contributed by atoms with Gasteiger partial charge in [-0.15, -0.1) is 12.4 Å². The van der Waals surface area contributed by atoms with Gasteiger partial charge in [0.1, 0.15) is 0 Å². The molecule has 2 aromatic carbocycles. The minimum Gasteiger partial charge on any atom is -0.332 e. The first-order chi connectivity index (χ1) is 11.7. The molecule has 25 heavy (non-hydrogen) atoms. The van der Waals surface area contributed by atoms with Crippen LogP contribution in [0.4, 0.5) is 5.82 Å². The molecule has 0 aliphatic heterocycles. The van der Waals surface area contributed by atoms with Crippen molar-refractivity contribution in [2.75, 3.05) is 5.32 Å². The standard InChI is InChI=1S/C19H20N4O.ClH/c20-15-9-16(10-15)23-11-18(21-12-23)22-19(24)8-14-6-3-5-13-4-1-2-7-17(13)14;/h1-7,11-12,15-16H,8-10,20H2,(H,22,24);1H. The van der Waals surface area contributed by atoms with Crippen LogP contribution in [0.1, 0.15) is 24.4 Å². The summed E-state index contributed by atoms with van der Waals surface area (Å²) in [4.78, 5) is 16.6. The highest BCUT2D eigenvalue weighted by molar-refractivity contribution is 5.95. The van der Waals surface area contributed by atoms with E-state index in [1.807, 2.05) is 41.1 Å². The zero-order valence-corrected chi connectivity index (χ0v) is 14.6. The Kier molecular flexibility index (Phi) is 5.06. The minimum absolute atomic E-state index is 0. The predicted octanol–water partition coefficient (Wildman–Crippen LogP) is 3.30. The number of anilines is 1. The average molecular weight is 357 g/mol. The molecule has 1 fully saturated rings.